The van der Waals surface area contributed by atoms with E-state index in [9.17, 15) is 9.59 Å². The summed E-state index contributed by atoms with van der Waals surface area (Å²) in [6.07, 6.45) is 3.20. The molecule has 1 aromatic heterocycles. The highest BCUT2D eigenvalue weighted by molar-refractivity contribution is 6.06. The lowest BCUT2D eigenvalue weighted by Crippen LogP contribution is -2.13. The average Bonchev–Trinajstić information content (AvgIpc) is 2.69. The molecule has 0 aliphatic heterocycles. The Hall–Kier alpha value is -3.67. The molecule has 0 spiro atoms. The van der Waals surface area contributed by atoms with Crippen LogP contribution in [0.1, 0.15) is 20.7 Å². The van der Waals surface area contributed by atoms with Crippen LogP contribution in [0.2, 0.25) is 0 Å². The summed E-state index contributed by atoms with van der Waals surface area (Å²) in [6.45, 7) is 0. The van der Waals surface area contributed by atoms with Gasteiger partial charge in [0.1, 0.15) is 5.75 Å². The summed E-state index contributed by atoms with van der Waals surface area (Å²) in [5, 5.41) is 5.54. The van der Waals surface area contributed by atoms with Gasteiger partial charge in [0, 0.05) is 23.0 Å². The molecule has 0 unspecified atom stereocenters. The quantitative estimate of drug-likeness (QED) is 0.739. The highest BCUT2D eigenvalue weighted by Crippen LogP contribution is 2.16. The zero-order chi connectivity index (χ0) is 18.4. The summed E-state index contributed by atoms with van der Waals surface area (Å²) in [5.74, 6) is 0.111. The van der Waals surface area contributed by atoms with Crippen LogP contribution in [-0.4, -0.2) is 23.9 Å². The van der Waals surface area contributed by atoms with Gasteiger partial charge in [-0.25, -0.2) is 0 Å². The first kappa shape index (κ1) is 17.2. The lowest BCUT2D eigenvalue weighted by molar-refractivity contribution is 0.101. The van der Waals surface area contributed by atoms with E-state index >= 15 is 0 Å². The third kappa shape index (κ3) is 4.24. The summed E-state index contributed by atoms with van der Waals surface area (Å²) in [4.78, 5) is 28.4. The molecule has 26 heavy (non-hydrogen) atoms. The number of benzene rings is 2. The Morgan fingerprint density at radius 2 is 1.58 bits per heavy atom. The molecule has 0 atom stereocenters. The van der Waals surface area contributed by atoms with E-state index in [1.54, 1.807) is 80.2 Å². The van der Waals surface area contributed by atoms with Crippen molar-refractivity contribution >= 4 is 23.2 Å². The van der Waals surface area contributed by atoms with Crippen molar-refractivity contribution in [1.82, 2.24) is 4.98 Å². The van der Waals surface area contributed by atoms with Crippen LogP contribution in [0, 0.1) is 0 Å². The first-order valence-electron chi connectivity index (χ1n) is 7.92. The number of aromatic nitrogens is 1. The fourth-order valence-electron chi connectivity index (χ4n) is 2.31. The number of hydrogen-bond donors (Lipinski definition) is 2. The van der Waals surface area contributed by atoms with E-state index in [1.807, 2.05) is 0 Å². The molecule has 0 saturated heterocycles. The molecule has 2 aromatic carbocycles. The van der Waals surface area contributed by atoms with Gasteiger partial charge in [0.15, 0.2) is 0 Å². The van der Waals surface area contributed by atoms with Gasteiger partial charge < -0.3 is 15.4 Å². The summed E-state index contributed by atoms with van der Waals surface area (Å²) in [5.41, 5.74) is 2.18. The third-order valence-corrected chi connectivity index (χ3v) is 3.66. The Bertz CT molecular complexity index is 909. The van der Waals surface area contributed by atoms with Gasteiger partial charge in [0.25, 0.3) is 11.8 Å². The maximum absolute atomic E-state index is 12.3. The van der Waals surface area contributed by atoms with Crippen molar-refractivity contribution in [1.29, 1.82) is 0 Å². The third-order valence-electron chi connectivity index (χ3n) is 3.66. The molecular weight excluding hydrogens is 330 g/mol. The van der Waals surface area contributed by atoms with Gasteiger partial charge in [0.05, 0.1) is 19.0 Å². The molecule has 0 aliphatic carbocycles. The van der Waals surface area contributed by atoms with Crippen LogP contribution in [0.3, 0.4) is 0 Å². The van der Waals surface area contributed by atoms with Gasteiger partial charge in [-0.1, -0.05) is 6.07 Å². The molecule has 6 heteroatoms. The predicted octanol–water partition coefficient (Wildman–Crippen LogP) is 3.59. The van der Waals surface area contributed by atoms with Crippen molar-refractivity contribution in [2.24, 2.45) is 0 Å². The van der Waals surface area contributed by atoms with E-state index in [2.05, 4.69) is 15.6 Å². The normalized spacial score (nSPS) is 10.0. The number of carbonyl (C=O) groups is 2. The molecule has 0 bridgehead atoms. The van der Waals surface area contributed by atoms with E-state index in [0.29, 0.717) is 28.3 Å². The molecule has 2 amide bonds. The highest BCUT2D eigenvalue weighted by atomic mass is 16.5. The number of amides is 2. The number of methoxy groups -OCH3 is 1. The summed E-state index contributed by atoms with van der Waals surface area (Å²) >= 11 is 0. The van der Waals surface area contributed by atoms with Gasteiger partial charge in [0.2, 0.25) is 0 Å². The molecule has 3 rings (SSSR count). The van der Waals surface area contributed by atoms with E-state index in [1.165, 1.54) is 0 Å². The first-order valence-corrected chi connectivity index (χ1v) is 7.92. The molecule has 0 fully saturated rings. The number of pyridine rings is 1. The maximum atomic E-state index is 12.3. The second-order valence-corrected chi connectivity index (χ2v) is 5.46. The van der Waals surface area contributed by atoms with Gasteiger partial charge in [-0.15, -0.1) is 0 Å². The van der Waals surface area contributed by atoms with Crippen molar-refractivity contribution in [2.45, 2.75) is 0 Å². The summed E-state index contributed by atoms with van der Waals surface area (Å²) in [6, 6.07) is 17.0. The van der Waals surface area contributed by atoms with Gasteiger partial charge in [-0.3, -0.25) is 14.6 Å². The van der Waals surface area contributed by atoms with E-state index in [0.717, 1.165) is 0 Å². The van der Waals surface area contributed by atoms with Crippen LogP contribution in [0.25, 0.3) is 0 Å². The fourth-order valence-corrected chi connectivity index (χ4v) is 2.31. The largest absolute Gasteiger partial charge is 0.497 e. The lowest BCUT2D eigenvalue weighted by Gasteiger charge is -2.08. The molecule has 3 aromatic rings. The number of ether oxygens (including phenoxy) is 1. The molecule has 0 radical (unpaired) electrons. The van der Waals surface area contributed by atoms with Crippen molar-refractivity contribution in [3.63, 3.8) is 0 Å². The second kappa shape index (κ2) is 7.94. The average molecular weight is 347 g/mol. The lowest BCUT2D eigenvalue weighted by atomic mass is 10.1. The van der Waals surface area contributed by atoms with Gasteiger partial charge in [-0.05, 0) is 54.6 Å². The molecular formula is C20H17N3O3. The van der Waals surface area contributed by atoms with Crippen LogP contribution >= 0.6 is 0 Å². The van der Waals surface area contributed by atoms with Gasteiger partial charge >= 0.3 is 0 Å². The van der Waals surface area contributed by atoms with Crippen LogP contribution in [0.15, 0.2) is 73.1 Å². The molecule has 2 N–H and O–H groups in total. The molecule has 0 saturated carbocycles. The van der Waals surface area contributed by atoms with Crippen LogP contribution in [-0.2, 0) is 0 Å². The Kier molecular flexibility index (Phi) is 5.24. The number of carbonyl (C=O) groups excluding carboxylic acids is 2. The standard InChI is InChI=1S/C20H17N3O3/c1-26-18-6-2-4-15(12-18)20(25)22-16-9-7-14(8-10-16)19(24)23-17-5-3-11-21-13-17/h2-13H,1H3,(H,22,25)(H,23,24). The number of nitrogens with one attached hydrogen (secondary N) is 2. The van der Waals surface area contributed by atoms with Crippen molar-refractivity contribution in [3.8, 4) is 5.75 Å². The minimum atomic E-state index is -0.253. The molecule has 130 valence electrons. The number of hydrogen-bond acceptors (Lipinski definition) is 4. The molecule has 6 nitrogen and oxygen atoms in total. The SMILES string of the molecule is COc1cccc(C(=O)Nc2ccc(C(=O)Nc3cccnc3)cc2)c1. The van der Waals surface area contributed by atoms with Crippen LogP contribution in [0.5, 0.6) is 5.75 Å². The van der Waals surface area contributed by atoms with Crippen molar-refractivity contribution in [2.75, 3.05) is 17.7 Å². The Balaban J connectivity index is 1.65. The monoisotopic (exact) mass is 347 g/mol. The highest BCUT2D eigenvalue weighted by Gasteiger charge is 2.09. The second-order valence-electron chi connectivity index (χ2n) is 5.46. The Labute approximate surface area is 150 Å². The number of rotatable bonds is 5. The van der Waals surface area contributed by atoms with E-state index in [4.69, 9.17) is 4.74 Å². The Morgan fingerprint density at radius 3 is 2.27 bits per heavy atom. The van der Waals surface area contributed by atoms with Crippen molar-refractivity contribution < 1.29 is 14.3 Å². The topological polar surface area (TPSA) is 80.3 Å². The van der Waals surface area contributed by atoms with Gasteiger partial charge in [-0.2, -0.15) is 0 Å². The summed E-state index contributed by atoms with van der Waals surface area (Å²) in [7, 11) is 1.55. The van der Waals surface area contributed by atoms with Crippen LogP contribution in [0.4, 0.5) is 11.4 Å². The fraction of sp³-hybridized carbons (Fsp3) is 0.0500. The number of nitrogens with zero attached hydrogens (tertiary/aromatic N) is 1. The van der Waals surface area contributed by atoms with E-state index < -0.39 is 0 Å². The first-order chi connectivity index (χ1) is 12.7. The van der Waals surface area contributed by atoms with E-state index in [-0.39, 0.29) is 11.8 Å². The molecule has 1 heterocycles. The minimum Gasteiger partial charge on any atom is -0.497 e. The molecule has 0 aliphatic rings. The Morgan fingerprint density at radius 1 is 0.846 bits per heavy atom. The minimum absolute atomic E-state index is 0.247. The zero-order valence-corrected chi connectivity index (χ0v) is 14.1. The smallest absolute Gasteiger partial charge is 0.255 e. The van der Waals surface area contributed by atoms with Crippen LogP contribution < -0.4 is 15.4 Å². The maximum Gasteiger partial charge on any atom is 0.255 e. The summed E-state index contributed by atoms with van der Waals surface area (Å²) < 4.78 is 5.12. The zero-order valence-electron chi connectivity index (χ0n) is 14.1. The number of anilines is 2. The van der Waals surface area contributed by atoms with Crippen molar-refractivity contribution in [3.05, 3.63) is 84.2 Å². The predicted molar refractivity (Wildman–Crippen MR) is 99.6 cm³/mol.